The third-order valence-electron chi connectivity index (χ3n) is 5.21. The quantitative estimate of drug-likeness (QED) is 0.848. The van der Waals surface area contributed by atoms with Crippen molar-refractivity contribution in [2.75, 3.05) is 25.5 Å². The van der Waals surface area contributed by atoms with Crippen molar-refractivity contribution in [2.45, 2.75) is 39.0 Å². The molecule has 7 heteroatoms. The summed E-state index contributed by atoms with van der Waals surface area (Å²) in [5.74, 6) is 0.694. The fourth-order valence-corrected chi connectivity index (χ4v) is 3.59. The van der Waals surface area contributed by atoms with Crippen LogP contribution in [0.5, 0.6) is 0 Å². The summed E-state index contributed by atoms with van der Waals surface area (Å²) in [6.07, 6.45) is -0.00864. The van der Waals surface area contributed by atoms with E-state index in [9.17, 15) is 4.79 Å². The van der Waals surface area contributed by atoms with Crippen molar-refractivity contribution in [2.24, 2.45) is 7.05 Å². The van der Waals surface area contributed by atoms with E-state index in [-0.39, 0.29) is 18.2 Å². The molecule has 1 fully saturated rings. The number of hydrogen-bond acceptors (Lipinski definition) is 4. The fraction of sp³-hybridized carbons (Fsp3) is 0.500. The standard InChI is InChI=1S/C20H29N5O2/c1-13(2)25-11-16(17(12-25)27-5)21-20(26)22-19-14(3)18(23-24(19)4)15-9-7-6-8-10-15/h6-10,13,16-17H,11-12H2,1-5H3,(H2,21,22,26)/t16-,17-/m1/s1. The highest BCUT2D eigenvalue weighted by Crippen LogP contribution is 2.27. The lowest BCUT2D eigenvalue weighted by atomic mass is 10.1. The summed E-state index contributed by atoms with van der Waals surface area (Å²) in [5, 5.41) is 10.6. The summed E-state index contributed by atoms with van der Waals surface area (Å²) in [4.78, 5) is 14.9. The van der Waals surface area contributed by atoms with Crippen LogP contribution >= 0.6 is 0 Å². The molecule has 2 N–H and O–H groups in total. The van der Waals surface area contributed by atoms with Crippen LogP contribution in [0.1, 0.15) is 19.4 Å². The number of benzene rings is 1. The zero-order valence-electron chi connectivity index (χ0n) is 16.7. The Kier molecular flexibility index (Phi) is 5.82. The molecule has 1 aliphatic rings. The number of rotatable bonds is 5. The maximum absolute atomic E-state index is 12.6. The third-order valence-corrected chi connectivity index (χ3v) is 5.21. The Hall–Kier alpha value is -2.38. The number of methoxy groups -OCH3 is 1. The number of carbonyl (C=O) groups excluding carboxylic acids is 1. The summed E-state index contributed by atoms with van der Waals surface area (Å²) < 4.78 is 7.27. The van der Waals surface area contributed by atoms with Gasteiger partial charge in [-0.3, -0.25) is 14.9 Å². The number of hydrogen-bond donors (Lipinski definition) is 2. The van der Waals surface area contributed by atoms with Gasteiger partial charge in [-0.25, -0.2) is 4.79 Å². The highest BCUT2D eigenvalue weighted by atomic mass is 16.5. The zero-order chi connectivity index (χ0) is 19.6. The first-order valence-electron chi connectivity index (χ1n) is 9.34. The monoisotopic (exact) mass is 371 g/mol. The average Bonchev–Trinajstić information content (AvgIpc) is 3.18. The first-order chi connectivity index (χ1) is 12.9. The Bertz CT molecular complexity index is 787. The fourth-order valence-electron chi connectivity index (χ4n) is 3.59. The van der Waals surface area contributed by atoms with Gasteiger partial charge in [-0.05, 0) is 20.8 Å². The topological polar surface area (TPSA) is 71.4 Å². The van der Waals surface area contributed by atoms with Gasteiger partial charge in [-0.2, -0.15) is 5.10 Å². The highest BCUT2D eigenvalue weighted by Gasteiger charge is 2.35. The molecule has 1 aliphatic heterocycles. The minimum Gasteiger partial charge on any atom is -0.378 e. The number of likely N-dealkylation sites (tertiary alicyclic amines) is 1. The molecule has 0 spiro atoms. The van der Waals surface area contributed by atoms with Crippen LogP contribution in [0, 0.1) is 6.92 Å². The maximum Gasteiger partial charge on any atom is 0.320 e. The number of aromatic nitrogens is 2. The number of anilines is 1. The molecule has 1 aromatic heterocycles. The molecule has 0 radical (unpaired) electrons. The largest absolute Gasteiger partial charge is 0.378 e. The molecule has 7 nitrogen and oxygen atoms in total. The number of ether oxygens (including phenoxy) is 1. The van der Waals surface area contributed by atoms with Crippen molar-refractivity contribution in [1.82, 2.24) is 20.0 Å². The normalized spacial score (nSPS) is 20.2. The number of nitrogens with one attached hydrogen (secondary N) is 2. The molecule has 0 unspecified atom stereocenters. The first-order valence-corrected chi connectivity index (χ1v) is 9.34. The van der Waals surface area contributed by atoms with Gasteiger partial charge in [0.1, 0.15) is 5.82 Å². The van der Waals surface area contributed by atoms with Crippen molar-refractivity contribution >= 4 is 11.8 Å². The minimum atomic E-state index is -0.238. The predicted molar refractivity (Wildman–Crippen MR) is 107 cm³/mol. The summed E-state index contributed by atoms with van der Waals surface area (Å²) in [6, 6.07) is 10.1. The molecule has 146 valence electrons. The number of amides is 2. The molecule has 1 aromatic carbocycles. The van der Waals surface area contributed by atoms with E-state index in [4.69, 9.17) is 4.74 Å². The Morgan fingerprint density at radius 3 is 2.59 bits per heavy atom. The number of urea groups is 1. The van der Waals surface area contributed by atoms with E-state index in [1.165, 1.54) is 0 Å². The van der Waals surface area contributed by atoms with E-state index in [1.54, 1.807) is 11.8 Å². The van der Waals surface area contributed by atoms with E-state index in [1.807, 2.05) is 44.3 Å². The predicted octanol–water partition coefficient (Wildman–Crippen LogP) is 2.62. The van der Waals surface area contributed by atoms with Crippen LogP contribution < -0.4 is 10.6 Å². The van der Waals surface area contributed by atoms with Crippen molar-refractivity contribution in [1.29, 1.82) is 0 Å². The lowest BCUT2D eigenvalue weighted by molar-refractivity contribution is 0.0896. The number of nitrogens with zero attached hydrogens (tertiary/aromatic N) is 3. The minimum absolute atomic E-state index is 0.00864. The second kappa shape index (κ2) is 8.10. The lowest BCUT2D eigenvalue weighted by Gasteiger charge is -2.20. The zero-order valence-corrected chi connectivity index (χ0v) is 16.7. The molecule has 0 saturated carbocycles. The smallest absolute Gasteiger partial charge is 0.320 e. The van der Waals surface area contributed by atoms with Gasteiger partial charge in [-0.15, -0.1) is 0 Å². The average molecular weight is 371 g/mol. The van der Waals surface area contributed by atoms with Crippen LogP contribution in [0.4, 0.5) is 10.6 Å². The molecule has 1 saturated heterocycles. The van der Waals surface area contributed by atoms with Gasteiger partial charge >= 0.3 is 6.03 Å². The first kappa shape index (κ1) is 19.4. The van der Waals surface area contributed by atoms with Gasteiger partial charge in [-0.1, -0.05) is 30.3 Å². The van der Waals surface area contributed by atoms with Crippen molar-refractivity contribution in [3.8, 4) is 11.3 Å². The summed E-state index contributed by atoms with van der Waals surface area (Å²) >= 11 is 0. The van der Waals surface area contributed by atoms with Crippen LogP contribution in [0.15, 0.2) is 30.3 Å². The lowest BCUT2D eigenvalue weighted by Crippen LogP contribution is -2.45. The van der Waals surface area contributed by atoms with Crippen molar-refractivity contribution in [3.05, 3.63) is 35.9 Å². The molecule has 2 aromatic rings. The van der Waals surface area contributed by atoms with Gasteiger partial charge < -0.3 is 10.1 Å². The SMILES string of the molecule is CO[C@@H]1CN(C(C)C)C[C@H]1NC(=O)Nc1c(C)c(-c2ccccc2)nn1C. The van der Waals surface area contributed by atoms with Crippen molar-refractivity contribution in [3.63, 3.8) is 0 Å². The van der Waals surface area contributed by atoms with Crippen LogP contribution in [-0.2, 0) is 11.8 Å². The van der Waals surface area contributed by atoms with Gasteiger partial charge in [0.15, 0.2) is 0 Å². The van der Waals surface area contributed by atoms with Gasteiger partial charge in [0, 0.05) is 44.4 Å². The van der Waals surface area contributed by atoms with E-state index in [2.05, 4.69) is 34.5 Å². The second-order valence-corrected chi connectivity index (χ2v) is 7.34. The second-order valence-electron chi connectivity index (χ2n) is 7.34. The van der Waals surface area contributed by atoms with Gasteiger partial charge in [0.2, 0.25) is 0 Å². The van der Waals surface area contributed by atoms with Crippen LogP contribution in [0.2, 0.25) is 0 Å². The Morgan fingerprint density at radius 1 is 1.26 bits per heavy atom. The van der Waals surface area contributed by atoms with Gasteiger partial charge in [0.25, 0.3) is 0 Å². The number of aryl methyl sites for hydroxylation is 1. The summed E-state index contributed by atoms with van der Waals surface area (Å²) in [7, 11) is 3.53. The molecule has 0 bridgehead atoms. The molecular weight excluding hydrogens is 342 g/mol. The molecule has 2 atom stereocenters. The van der Waals surface area contributed by atoms with Crippen LogP contribution in [0.3, 0.4) is 0 Å². The molecule has 3 rings (SSSR count). The van der Waals surface area contributed by atoms with Crippen molar-refractivity contribution < 1.29 is 9.53 Å². The maximum atomic E-state index is 12.6. The molecule has 0 aliphatic carbocycles. The van der Waals surface area contributed by atoms with Gasteiger partial charge in [0.05, 0.1) is 17.8 Å². The molecule has 27 heavy (non-hydrogen) atoms. The van der Waals surface area contributed by atoms with E-state index in [0.29, 0.717) is 11.9 Å². The van der Waals surface area contributed by atoms with Crippen LogP contribution in [-0.4, -0.2) is 59.1 Å². The van der Waals surface area contributed by atoms with Crippen LogP contribution in [0.25, 0.3) is 11.3 Å². The number of carbonyl (C=O) groups is 1. The third kappa shape index (κ3) is 4.14. The Labute approximate surface area is 160 Å². The van der Waals surface area contributed by atoms with E-state index >= 15 is 0 Å². The highest BCUT2D eigenvalue weighted by molar-refractivity contribution is 5.90. The molecule has 2 heterocycles. The molecule has 2 amide bonds. The summed E-state index contributed by atoms with van der Waals surface area (Å²) in [5.41, 5.74) is 2.84. The Morgan fingerprint density at radius 2 is 1.96 bits per heavy atom. The van der Waals surface area contributed by atoms with E-state index in [0.717, 1.165) is 29.9 Å². The summed E-state index contributed by atoms with van der Waals surface area (Å²) in [6.45, 7) is 7.88. The molecular formula is C20H29N5O2. The van der Waals surface area contributed by atoms with E-state index < -0.39 is 0 Å². The Balaban J connectivity index is 1.71.